The number of alkyl halides is 2. The molecule has 2 atom stereocenters. The van der Waals surface area contributed by atoms with Crippen LogP contribution < -0.4 is 15.2 Å². The first-order valence-electron chi connectivity index (χ1n) is 13.9. The van der Waals surface area contributed by atoms with Crippen LogP contribution >= 0.6 is 0 Å². The van der Waals surface area contributed by atoms with Crippen molar-refractivity contribution in [2.24, 2.45) is 17.1 Å². The standard InChI is InChI=1S/C30H38F2N4O4/c1-29(2,3)24-19-35(16-17-36(24)25(37)18-20-12-14-34(15-13-20)28(33)38)26(21-8-5-4-6-9-21)22-10-7-11-23-27(22)40-30(31,32)39-23/h4-11,20,24,26H,12-19H2,1-3H3,(H2,33,38)/t24-,26?/m1/s1. The summed E-state index contributed by atoms with van der Waals surface area (Å²) in [6, 6.07) is 13.9. The number of urea groups is 1. The third-order valence-electron chi connectivity index (χ3n) is 8.36. The Kier molecular flexibility index (Phi) is 7.65. The van der Waals surface area contributed by atoms with Gasteiger partial charge in [0.05, 0.1) is 6.04 Å². The lowest BCUT2D eigenvalue weighted by molar-refractivity contribution is -0.287. The second kappa shape index (κ2) is 10.9. The number of para-hydroxylation sites is 1. The van der Waals surface area contributed by atoms with Crippen molar-refractivity contribution >= 4 is 11.9 Å². The predicted molar refractivity (Wildman–Crippen MR) is 146 cm³/mol. The molecule has 2 aromatic rings. The zero-order valence-corrected chi connectivity index (χ0v) is 23.3. The van der Waals surface area contributed by atoms with Gasteiger partial charge in [-0.05, 0) is 35.8 Å². The van der Waals surface area contributed by atoms with Gasteiger partial charge in [0.15, 0.2) is 11.5 Å². The quantitative estimate of drug-likeness (QED) is 0.570. The summed E-state index contributed by atoms with van der Waals surface area (Å²) in [7, 11) is 0. The molecule has 2 aromatic carbocycles. The van der Waals surface area contributed by atoms with Crippen molar-refractivity contribution < 1.29 is 27.8 Å². The van der Waals surface area contributed by atoms with Crippen molar-refractivity contribution in [3.63, 3.8) is 0 Å². The molecule has 3 aliphatic rings. The van der Waals surface area contributed by atoms with Crippen LogP contribution in [-0.4, -0.2) is 71.7 Å². The monoisotopic (exact) mass is 556 g/mol. The fraction of sp³-hybridized carbons (Fsp3) is 0.533. The zero-order valence-electron chi connectivity index (χ0n) is 23.3. The van der Waals surface area contributed by atoms with E-state index in [1.807, 2.05) is 41.3 Å². The molecule has 0 radical (unpaired) electrons. The molecule has 3 amide bonds. The van der Waals surface area contributed by atoms with Gasteiger partial charge in [-0.3, -0.25) is 9.69 Å². The van der Waals surface area contributed by atoms with Crippen LogP contribution in [0.2, 0.25) is 0 Å². The van der Waals surface area contributed by atoms with Crippen LogP contribution in [0.1, 0.15) is 57.2 Å². The van der Waals surface area contributed by atoms with Crippen molar-refractivity contribution in [3.05, 3.63) is 59.7 Å². The average Bonchev–Trinajstić information content (AvgIpc) is 3.24. The number of halogens is 2. The van der Waals surface area contributed by atoms with Gasteiger partial charge < -0.3 is 25.0 Å². The molecular weight excluding hydrogens is 518 g/mol. The van der Waals surface area contributed by atoms with Gasteiger partial charge in [0.1, 0.15) is 0 Å². The highest BCUT2D eigenvalue weighted by Crippen LogP contribution is 2.48. The molecule has 0 aliphatic carbocycles. The molecule has 10 heteroatoms. The molecular formula is C30H38F2N4O4. The number of piperidine rings is 1. The van der Waals surface area contributed by atoms with E-state index >= 15 is 0 Å². The summed E-state index contributed by atoms with van der Waals surface area (Å²) in [4.78, 5) is 31.0. The number of ether oxygens (including phenoxy) is 2. The van der Waals surface area contributed by atoms with E-state index in [9.17, 15) is 18.4 Å². The maximum absolute atomic E-state index is 14.1. The predicted octanol–water partition coefficient (Wildman–Crippen LogP) is 4.84. The number of nitrogens with two attached hydrogens (primary N) is 1. The molecule has 2 fully saturated rings. The molecule has 0 spiro atoms. The number of carbonyl (C=O) groups excluding carboxylic acids is 2. The fourth-order valence-corrected chi connectivity index (χ4v) is 6.23. The lowest BCUT2D eigenvalue weighted by Crippen LogP contribution is -2.60. The van der Waals surface area contributed by atoms with Gasteiger partial charge in [-0.25, -0.2) is 4.79 Å². The van der Waals surface area contributed by atoms with Crippen LogP contribution in [0.3, 0.4) is 0 Å². The van der Waals surface area contributed by atoms with Gasteiger partial charge in [-0.15, -0.1) is 8.78 Å². The highest BCUT2D eigenvalue weighted by atomic mass is 19.3. The van der Waals surface area contributed by atoms with Crippen LogP contribution in [0.15, 0.2) is 48.5 Å². The summed E-state index contributed by atoms with van der Waals surface area (Å²) in [5, 5.41) is 0. The topological polar surface area (TPSA) is 88.3 Å². The number of fused-ring (bicyclic) bond motifs is 1. The largest absolute Gasteiger partial charge is 0.586 e. The van der Waals surface area contributed by atoms with E-state index in [-0.39, 0.29) is 40.8 Å². The highest BCUT2D eigenvalue weighted by Gasteiger charge is 2.47. The minimum Gasteiger partial charge on any atom is -0.395 e. The van der Waals surface area contributed by atoms with Gasteiger partial charge >= 0.3 is 12.3 Å². The first kappa shape index (κ1) is 28.1. The van der Waals surface area contributed by atoms with E-state index in [1.165, 1.54) is 6.07 Å². The van der Waals surface area contributed by atoms with Crippen LogP contribution in [-0.2, 0) is 4.79 Å². The fourth-order valence-electron chi connectivity index (χ4n) is 6.23. The summed E-state index contributed by atoms with van der Waals surface area (Å²) in [6.07, 6.45) is -1.76. The number of hydrogen-bond donors (Lipinski definition) is 1. The van der Waals surface area contributed by atoms with E-state index in [0.717, 1.165) is 18.4 Å². The summed E-state index contributed by atoms with van der Waals surface area (Å²) in [5.41, 5.74) is 6.74. The van der Waals surface area contributed by atoms with E-state index < -0.39 is 12.3 Å². The van der Waals surface area contributed by atoms with Gasteiger partial charge in [-0.1, -0.05) is 63.2 Å². The molecule has 40 heavy (non-hydrogen) atoms. The molecule has 2 N–H and O–H groups in total. The molecule has 8 nitrogen and oxygen atoms in total. The summed E-state index contributed by atoms with van der Waals surface area (Å²) in [5.74, 6) is 0.399. The number of amides is 3. The maximum Gasteiger partial charge on any atom is 0.586 e. The lowest BCUT2D eigenvalue weighted by atomic mass is 9.82. The number of hydrogen-bond acceptors (Lipinski definition) is 5. The molecule has 216 valence electrons. The van der Waals surface area contributed by atoms with Crippen LogP contribution in [0.5, 0.6) is 11.5 Å². The molecule has 0 aromatic heterocycles. The Labute approximate surface area is 234 Å². The van der Waals surface area contributed by atoms with Crippen molar-refractivity contribution in [2.75, 3.05) is 32.7 Å². The van der Waals surface area contributed by atoms with Crippen LogP contribution in [0.25, 0.3) is 0 Å². The molecule has 0 bridgehead atoms. The van der Waals surface area contributed by atoms with Gasteiger partial charge in [0.2, 0.25) is 5.91 Å². The molecule has 3 aliphatic heterocycles. The average molecular weight is 557 g/mol. The Morgan fingerprint density at radius 3 is 2.35 bits per heavy atom. The number of primary amides is 1. The molecule has 3 heterocycles. The van der Waals surface area contributed by atoms with Crippen LogP contribution in [0, 0.1) is 11.3 Å². The maximum atomic E-state index is 14.1. The second-order valence-corrected chi connectivity index (χ2v) is 12.1. The number of nitrogens with zero attached hydrogens (tertiary/aromatic N) is 3. The number of carbonyl (C=O) groups is 2. The van der Waals surface area contributed by atoms with Gasteiger partial charge in [0, 0.05) is 50.7 Å². The zero-order chi connectivity index (χ0) is 28.7. The lowest BCUT2D eigenvalue weighted by Gasteiger charge is -2.50. The van der Waals surface area contributed by atoms with Gasteiger partial charge in [-0.2, -0.15) is 0 Å². The number of piperazine rings is 1. The SMILES string of the molecule is CC(C)(C)[C@H]1CN(C(c2ccccc2)c2cccc3c2OC(F)(F)O3)CCN1C(=O)CC1CCN(C(N)=O)CC1. The first-order valence-corrected chi connectivity index (χ1v) is 13.9. The smallest absolute Gasteiger partial charge is 0.395 e. The van der Waals surface area contributed by atoms with Crippen LogP contribution in [0.4, 0.5) is 13.6 Å². The minimum absolute atomic E-state index is 0.0204. The van der Waals surface area contributed by atoms with E-state index in [1.54, 1.807) is 11.0 Å². The highest BCUT2D eigenvalue weighted by molar-refractivity contribution is 5.77. The molecule has 0 saturated carbocycles. The van der Waals surface area contributed by atoms with Crippen molar-refractivity contribution in [2.45, 2.75) is 58.4 Å². The summed E-state index contributed by atoms with van der Waals surface area (Å²) >= 11 is 0. The molecule has 5 rings (SSSR count). The number of likely N-dealkylation sites (tertiary alicyclic amines) is 1. The third-order valence-corrected chi connectivity index (χ3v) is 8.36. The Morgan fingerprint density at radius 1 is 1.00 bits per heavy atom. The normalized spacial score (nSPS) is 22.3. The van der Waals surface area contributed by atoms with Gasteiger partial charge in [0.25, 0.3) is 0 Å². The summed E-state index contributed by atoms with van der Waals surface area (Å²) in [6.45, 7) is 9.19. The third kappa shape index (κ3) is 5.87. The minimum atomic E-state index is -3.72. The molecule has 2 saturated heterocycles. The van der Waals surface area contributed by atoms with E-state index in [4.69, 9.17) is 15.2 Å². The second-order valence-electron chi connectivity index (χ2n) is 12.1. The van der Waals surface area contributed by atoms with Crippen molar-refractivity contribution in [1.82, 2.24) is 14.7 Å². The number of rotatable bonds is 5. The van der Waals surface area contributed by atoms with Crippen molar-refractivity contribution in [3.8, 4) is 11.5 Å². The Hall–Kier alpha value is -3.40. The number of benzene rings is 2. The molecule has 1 unspecified atom stereocenters. The Morgan fingerprint density at radius 2 is 1.70 bits per heavy atom. The Bertz CT molecular complexity index is 1230. The van der Waals surface area contributed by atoms with Crippen molar-refractivity contribution in [1.29, 1.82) is 0 Å². The van der Waals surface area contributed by atoms with E-state index in [2.05, 4.69) is 25.7 Å². The Balaban J connectivity index is 1.39. The summed E-state index contributed by atoms with van der Waals surface area (Å²) < 4.78 is 38.0. The van der Waals surface area contributed by atoms with E-state index in [0.29, 0.717) is 44.7 Å². The first-order chi connectivity index (χ1) is 18.9.